The van der Waals surface area contributed by atoms with Gasteiger partial charge in [-0.2, -0.15) is 0 Å². The summed E-state index contributed by atoms with van der Waals surface area (Å²) in [5.41, 5.74) is 6.46. The van der Waals surface area contributed by atoms with E-state index in [0.29, 0.717) is 5.41 Å². The van der Waals surface area contributed by atoms with Gasteiger partial charge in [0.05, 0.1) is 0 Å². The third-order valence-corrected chi connectivity index (χ3v) is 3.83. The van der Waals surface area contributed by atoms with E-state index < -0.39 is 0 Å². The SMILES string of the molecule is CCCC1(CN)CCCC(CC)C1. The minimum Gasteiger partial charge on any atom is -0.330 e. The van der Waals surface area contributed by atoms with Crippen LogP contribution in [0.25, 0.3) is 0 Å². The maximum atomic E-state index is 5.94. The summed E-state index contributed by atoms with van der Waals surface area (Å²) in [6.45, 7) is 5.52. The van der Waals surface area contributed by atoms with Crippen molar-refractivity contribution < 1.29 is 0 Å². The van der Waals surface area contributed by atoms with Gasteiger partial charge in [-0.05, 0) is 37.1 Å². The van der Waals surface area contributed by atoms with Gasteiger partial charge in [0.25, 0.3) is 0 Å². The Hall–Kier alpha value is -0.0400. The van der Waals surface area contributed by atoms with Crippen LogP contribution < -0.4 is 5.73 Å². The van der Waals surface area contributed by atoms with Gasteiger partial charge in [-0.3, -0.25) is 0 Å². The second kappa shape index (κ2) is 4.99. The first-order valence-corrected chi connectivity index (χ1v) is 5.96. The summed E-state index contributed by atoms with van der Waals surface area (Å²) in [4.78, 5) is 0. The Labute approximate surface area is 83.1 Å². The molecule has 2 N–H and O–H groups in total. The molecular weight excluding hydrogens is 158 g/mol. The lowest BCUT2D eigenvalue weighted by atomic mass is 9.67. The largest absolute Gasteiger partial charge is 0.330 e. The highest BCUT2D eigenvalue weighted by Crippen LogP contribution is 2.42. The van der Waals surface area contributed by atoms with E-state index in [1.165, 1.54) is 44.9 Å². The molecule has 0 aromatic carbocycles. The topological polar surface area (TPSA) is 26.0 Å². The molecule has 0 bridgehead atoms. The summed E-state index contributed by atoms with van der Waals surface area (Å²) >= 11 is 0. The molecule has 0 aromatic rings. The third kappa shape index (κ3) is 2.70. The zero-order valence-corrected chi connectivity index (χ0v) is 9.31. The van der Waals surface area contributed by atoms with E-state index in [-0.39, 0.29) is 0 Å². The second-order valence-corrected chi connectivity index (χ2v) is 4.82. The zero-order chi connectivity index (χ0) is 9.73. The van der Waals surface area contributed by atoms with Crippen LogP contribution in [0, 0.1) is 11.3 Å². The highest BCUT2D eigenvalue weighted by molar-refractivity contribution is 4.86. The van der Waals surface area contributed by atoms with Crippen LogP contribution in [0.5, 0.6) is 0 Å². The molecule has 1 nitrogen and oxygen atoms in total. The smallest absolute Gasteiger partial charge is 0.00204 e. The van der Waals surface area contributed by atoms with Crippen molar-refractivity contribution in [3.8, 4) is 0 Å². The minimum atomic E-state index is 0.522. The van der Waals surface area contributed by atoms with Gasteiger partial charge >= 0.3 is 0 Å². The number of nitrogens with two attached hydrogens (primary N) is 1. The van der Waals surface area contributed by atoms with Gasteiger partial charge in [0, 0.05) is 0 Å². The van der Waals surface area contributed by atoms with E-state index in [4.69, 9.17) is 5.73 Å². The Morgan fingerprint density at radius 2 is 2.15 bits per heavy atom. The van der Waals surface area contributed by atoms with E-state index in [1.807, 2.05) is 0 Å². The first kappa shape index (κ1) is 11.0. The molecule has 0 amide bonds. The van der Waals surface area contributed by atoms with Gasteiger partial charge in [-0.1, -0.05) is 39.5 Å². The highest BCUT2D eigenvalue weighted by Gasteiger charge is 2.33. The maximum absolute atomic E-state index is 5.94. The second-order valence-electron chi connectivity index (χ2n) is 4.82. The fourth-order valence-electron chi connectivity index (χ4n) is 2.98. The van der Waals surface area contributed by atoms with Gasteiger partial charge in [0.15, 0.2) is 0 Å². The molecule has 1 aliphatic rings. The first-order chi connectivity index (χ1) is 6.26. The third-order valence-electron chi connectivity index (χ3n) is 3.83. The van der Waals surface area contributed by atoms with Crippen molar-refractivity contribution in [3.63, 3.8) is 0 Å². The predicted molar refractivity (Wildman–Crippen MR) is 58.6 cm³/mol. The van der Waals surface area contributed by atoms with E-state index in [9.17, 15) is 0 Å². The van der Waals surface area contributed by atoms with Crippen LogP contribution in [-0.4, -0.2) is 6.54 Å². The molecule has 0 aromatic heterocycles. The van der Waals surface area contributed by atoms with Crippen LogP contribution in [0.1, 0.15) is 58.8 Å². The summed E-state index contributed by atoms with van der Waals surface area (Å²) in [5, 5.41) is 0. The molecule has 1 aliphatic carbocycles. The van der Waals surface area contributed by atoms with Crippen molar-refractivity contribution >= 4 is 0 Å². The molecule has 1 heteroatoms. The average Bonchev–Trinajstić information content (AvgIpc) is 2.19. The van der Waals surface area contributed by atoms with Crippen LogP contribution in [-0.2, 0) is 0 Å². The van der Waals surface area contributed by atoms with Crippen LogP contribution in [0.15, 0.2) is 0 Å². The quantitative estimate of drug-likeness (QED) is 0.711. The normalized spacial score (nSPS) is 34.8. The molecule has 0 radical (unpaired) electrons. The van der Waals surface area contributed by atoms with E-state index in [1.54, 1.807) is 0 Å². The Kier molecular flexibility index (Phi) is 4.24. The Morgan fingerprint density at radius 3 is 2.69 bits per heavy atom. The van der Waals surface area contributed by atoms with Gasteiger partial charge in [-0.15, -0.1) is 0 Å². The molecule has 0 heterocycles. The summed E-state index contributed by atoms with van der Waals surface area (Å²) in [5.74, 6) is 0.962. The van der Waals surface area contributed by atoms with E-state index in [0.717, 1.165) is 12.5 Å². The molecule has 78 valence electrons. The summed E-state index contributed by atoms with van der Waals surface area (Å²) in [7, 11) is 0. The van der Waals surface area contributed by atoms with Gasteiger partial charge < -0.3 is 5.73 Å². The average molecular weight is 183 g/mol. The van der Waals surface area contributed by atoms with Crippen LogP contribution in [0.2, 0.25) is 0 Å². The molecule has 0 aliphatic heterocycles. The monoisotopic (exact) mass is 183 g/mol. The van der Waals surface area contributed by atoms with Crippen molar-refractivity contribution in [1.29, 1.82) is 0 Å². The summed E-state index contributed by atoms with van der Waals surface area (Å²) in [6, 6.07) is 0. The Balaban J connectivity index is 2.53. The van der Waals surface area contributed by atoms with Crippen molar-refractivity contribution in [2.24, 2.45) is 17.1 Å². The summed E-state index contributed by atoms with van der Waals surface area (Å²) < 4.78 is 0. The minimum absolute atomic E-state index is 0.522. The number of hydrogen-bond donors (Lipinski definition) is 1. The molecule has 2 atom stereocenters. The molecular formula is C12H25N. The van der Waals surface area contributed by atoms with Crippen molar-refractivity contribution in [1.82, 2.24) is 0 Å². The molecule has 1 rings (SSSR count). The van der Waals surface area contributed by atoms with Gasteiger partial charge in [0.1, 0.15) is 0 Å². The van der Waals surface area contributed by atoms with Crippen molar-refractivity contribution in [3.05, 3.63) is 0 Å². The fourth-order valence-corrected chi connectivity index (χ4v) is 2.98. The molecule has 2 unspecified atom stereocenters. The first-order valence-electron chi connectivity index (χ1n) is 5.96. The number of rotatable bonds is 4. The molecule has 1 saturated carbocycles. The van der Waals surface area contributed by atoms with E-state index in [2.05, 4.69) is 13.8 Å². The predicted octanol–water partition coefficient (Wildman–Crippen LogP) is 3.33. The van der Waals surface area contributed by atoms with Crippen molar-refractivity contribution in [2.75, 3.05) is 6.54 Å². The zero-order valence-electron chi connectivity index (χ0n) is 9.31. The van der Waals surface area contributed by atoms with Crippen molar-refractivity contribution in [2.45, 2.75) is 58.8 Å². The highest BCUT2D eigenvalue weighted by atomic mass is 14.6. The van der Waals surface area contributed by atoms with Gasteiger partial charge in [0.2, 0.25) is 0 Å². The van der Waals surface area contributed by atoms with Crippen LogP contribution in [0.4, 0.5) is 0 Å². The lowest BCUT2D eigenvalue weighted by Gasteiger charge is -2.40. The number of hydrogen-bond acceptors (Lipinski definition) is 1. The lowest BCUT2D eigenvalue weighted by molar-refractivity contribution is 0.130. The molecule has 1 fully saturated rings. The summed E-state index contributed by atoms with van der Waals surface area (Å²) in [6.07, 6.45) is 9.64. The Morgan fingerprint density at radius 1 is 1.38 bits per heavy atom. The molecule has 0 saturated heterocycles. The van der Waals surface area contributed by atoms with Crippen LogP contribution >= 0.6 is 0 Å². The molecule has 13 heavy (non-hydrogen) atoms. The van der Waals surface area contributed by atoms with Crippen LogP contribution in [0.3, 0.4) is 0 Å². The standard InChI is InChI=1S/C12H25N/c1-3-7-12(10-13)8-5-6-11(4-2)9-12/h11H,3-10,13H2,1-2H3. The van der Waals surface area contributed by atoms with Gasteiger partial charge in [-0.25, -0.2) is 0 Å². The fraction of sp³-hybridized carbons (Fsp3) is 1.00. The Bertz CT molecular complexity index is 140. The molecule has 0 spiro atoms. The maximum Gasteiger partial charge on any atom is -0.00204 e. The van der Waals surface area contributed by atoms with E-state index >= 15 is 0 Å². The lowest BCUT2D eigenvalue weighted by Crippen LogP contribution is -2.35.